The van der Waals surface area contributed by atoms with Gasteiger partial charge in [-0.1, -0.05) is 0 Å². The van der Waals surface area contributed by atoms with Crippen molar-refractivity contribution in [2.75, 3.05) is 19.8 Å². The molecule has 0 radical (unpaired) electrons. The predicted octanol–water partition coefficient (Wildman–Crippen LogP) is 0.858. The first-order valence-corrected chi connectivity index (χ1v) is 5.15. The SMILES string of the molecule is OC(COc1cccnc1)C1CCOC1. The third-order valence-electron chi connectivity index (χ3n) is 2.56. The molecule has 0 aromatic carbocycles. The van der Waals surface area contributed by atoms with E-state index < -0.39 is 6.10 Å². The van der Waals surface area contributed by atoms with Crippen molar-refractivity contribution >= 4 is 0 Å². The molecule has 1 aromatic rings. The number of nitrogens with zero attached hydrogens (tertiary/aromatic N) is 1. The molecule has 4 heteroatoms. The molecule has 0 saturated carbocycles. The van der Waals surface area contributed by atoms with Gasteiger partial charge in [-0.05, 0) is 18.6 Å². The van der Waals surface area contributed by atoms with Crippen LogP contribution in [0.5, 0.6) is 5.75 Å². The molecule has 2 unspecified atom stereocenters. The number of pyridine rings is 1. The van der Waals surface area contributed by atoms with E-state index in [0.29, 0.717) is 19.0 Å². The van der Waals surface area contributed by atoms with Gasteiger partial charge in [0.2, 0.25) is 0 Å². The van der Waals surface area contributed by atoms with Gasteiger partial charge in [0, 0.05) is 18.7 Å². The Morgan fingerprint density at radius 3 is 3.27 bits per heavy atom. The summed E-state index contributed by atoms with van der Waals surface area (Å²) in [5.74, 6) is 0.900. The fourth-order valence-corrected chi connectivity index (χ4v) is 1.61. The molecule has 2 heterocycles. The third-order valence-corrected chi connectivity index (χ3v) is 2.56. The summed E-state index contributed by atoms with van der Waals surface area (Å²) in [6.07, 6.45) is 3.79. The van der Waals surface area contributed by atoms with Crippen molar-refractivity contribution in [2.45, 2.75) is 12.5 Å². The van der Waals surface area contributed by atoms with Crippen LogP contribution in [0.15, 0.2) is 24.5 Å². The fraction of sp³-hybridized carbons (Fsp3) is 0.545. The minimum Gasteiger partial charge on any atom is -0.489 e. The minimum absolute atomic E-state index is 0.210. The molecule has 0 spiro atoms. The lowest BCUT2D eigenvalue weighted by atomic mass is 10.0. The zero-order chi connectivity index (χ0) is 10.5. The van der Waals surface area contributed by atoms with Gasteiger partial charge in [-0.15, -0.1) is 0 Å². The number of aliphatic hydroxyl groups is 1. The van der Waals surface area contributed by atoms with Crippen molar-refractivity contribution in [3.05, 3.63) is 24.5 Å². The molecular formula is C11H15NO3. The van der Waals surface area contributed by atoms with Crippen LogP contribution in [0.3, 0.4) is 0 Å². The number of hydrogen-bond donors (Lipinski definition) is 1. The van der Waals surface area contributed by atoms with Crippen molar-refractivity contribution in [3.63, 3.8) is 0 Å². The van der Waals surface area contributed by atoms with Crippen LogP contribution in [0, 0.1) is 5.92 Å². The molecule has 1 aliphatic rings. The molecule has 15 heavy (non-hydrogen) atoms. The van der Waals surface area contributed by atoms with Crippen LogP contribution in [0.4, 0.5) is 0 Å². The van der Waals surface area contributed by atoms with E-state index in [1.807, 2.05) is 6.07 Å². The lowest BCUT2D eigenvalue weighted by Gasteiger charge is -2.16. The fourth-order valence-electron chi connectivity index (χ4n) is 1.61. The summed E-state index contributed by atoms with van der Waals surface area (Å²) in [5, 5.41) is 9.78. The topological polar surface area (TPSA) is 51.6 Å². The average molecular weight is 209 g/mol. The van der Waals surface area contributed by atoms with Gasteiger partial charge < -0.3 is 14.6 Å². The minimum atomic E-state index is -0.451. The van der Waals surface area contributed by atoms with Gasteiger partial charge in [0.1, 0.15) is 12.4 Å². The second-order valence-electron chi connectivity index (χ2n) is 3.69. The van der Waals surface area contributed by atoms with Crippen LogP contribution >= 0.6 is 0 Å². The van der Waals surface area contributed by atoms with E-state index in [0.717, 1.165) is 13.0 Å². The highest BCUT2D eigenvalue weighted by Crippen LogP contribution is 2.17. The van der Waals surface area contributed by atoms with Crippen LogP contribution in [0.1, 0.15) is 6.42 Å². The van der Waals surface area contributed by atoms with Gasteiger partial charge in [0.05, 0.1) is 18.9 Å². The van der Waals surface area contributed by atoms with Gasteiger partial charge >= 0.3 is 0 Å². The van der Waals surface area contributed by atoms with Crippen LogP contribution in [0.25, 0.3) is 0 Å². The highest BCUT2D eigenvalue weighted by atomic mass is 16.5. The Kier molecular flexibility index (Phi) is 3.53. The van der Waals surface area contributed by atoms with E-state index in [1.165, 1.54) is 0 Å². The zero-order valence-electron chi connectivity index (χ0n) is 8.50. The number of rotatable bonds is 4. The molecule has 1 saturated heterocycles. The average Bonchev–Trinajstić information content (AvgIpc) is 2.81. The third kappa shape index (κ3) is 2.91. The van der Waals surface area contributed by atoms with Crippen molar-refractivity contribution in [1.82, 2.24) is 4.98 Å². The van der Waals surface area contributed by atoms with E-state index in [9.17, 15) is 5.11 Å². The lowest BCUT2D eigenvalue weighted by Crippen LogP contribution is -2.27. The quantitative estimate of drug-likeness (QED) is 0.799. The highest BCUT2D eigenvalue weighted by Gasteiger charge is 2.24. The summed E-state index contributed by atoms with van der Waals surface area (Å²) in [6.45, 7) is 1.69. The molecule has 0 aliphatic carbocycles. The summed E-state index contributed by atoms with van der Waals surface area (Å²) >= 11 is 0. The number of aliphatic hydroxyl groups excluding tert-OH is 1. The van der Waals surface area contributed by atoms with E-state index in [-0.39, 0.29) is 5.92 Å². The molecule has 1 aliphatic heterocycles. The smallest absolute Gasteiger partial charge is 0.137 e. The molecular weight excluding hydrogens is 194 g/mol. The highest BCUT2D eigenvalue weighted by molar-refractivity contribution is 5.15. The maximum atomic E-state index is 9.78. The van der Waals surface area contributed by atoms with Crippen molar-refractivity contribution in [3.8, 4) is 5.75 Å². The van der Waals surface area contributed by atoms with Crippen LogP contribution in [-0.2, 0) is 4.74 Å². The number of ether oxygens (including phenoxy) is 2. The molecule has 2 atom stereocenters. The summed E-state index contributed by atoms with van der Waals surface area (Å²) in [5.41, 5.74) is 0. The molecule has 0 amide bonds. The lowest BCUT2D eigenvalue weighted by molar-refractivity contribution is 0.0498. The van der Waals surface area contributed by atoms with Crippen molar-refractivity contribution in [1.29, 1.82) is 0 Å². The Balaban J connectivity index is 1.77. The van der Waals surface area contributed by atoms with E-state index in [1.54, 1.807) is 18.5 Å². The summed E-state index contributed by atoms with van der Waals surface area (Å²) < 4.78 is 10.6. The Labute approximate surface area is 88.9 Å². The maximum absolute atomic E-state index is 9.78. The van der Waals surface area contributed by atoms with Gasteiger partial charge in [-0.25, -0.2) is 0 Å². The van der Waals surface area contributed by atoms with E-state index in [4.69, 9.17) is 9.47 Å². The first kappa shape index (κ1) is 10.4. The normalized spacial score (nSPS) is 22.6. The second-order valence-corrected chi connectivity index (χ2v) is 3.69. The van der Waals surface area contributed by atoms with Crippen molar-refractivity contribution < 1.29 is 14.6 Å². The first-order chi connectivity index (χ1) is 7.36. The number of aromatic nitrogens is 1. The largest absolute Gasteiger partial charge is 0.489 e. The summed E-state index contributed by atoms with van der Waals surface area (Å²) in [6, 6.07) is 3.63. The molecule has 1 N–H and O–H groups in total. The Morgan fingerprint density at radius 1 is 1.67 bits per heavy atom. The standard InChI is InChI=1S/C11H15NO3/c13-11(9-3-5-14-7-9)8-15-10-2-1-4-12-6-10/h1-2,4,6,9,11,13H,3,5,7-8H2. The van der Waals surface area contributed by atoms with Crippen LogP contribution in [0.2, 0.25) is 0 Å². The Bertz CT molecular complexity index is 285. The Hall–Kier alpha value is -1.13. The second kappa shape index (κ2) is 5.09. The van der Waals surface area contributed by atoms with Gasteiger partial charge in [-0.3, -0.25) is 4.98 Å². The Morgan fingerprint density at radius 2 is 2.60 bits per heavy atom. The summed E-state index contributed by atoms with van der Waals surface area (Å²) in [7, 11) is 0. The van der Waals surface area contributed by atoms with Crippen LogP contribution < -0.4 is 4.74 Å². The first-order valence-electron chi connectivity index (χ1n) is 5.15. The summed E-state index contributed by atoms with van der Waals surface area (Å²) in [4.78, 5) is 3.93. The van der Waals surface area contributed by atoms with Crippen molar-refractivity contribution in [2.24, 2.45) is 5.92 Å². The van der Waals surface area contributed by atoms with Gasteiger partial charge in [0.15, 0.2) is 0 Å². The monoisotopic (exact) mass is 209 g/mol. The molecule has 0 bridgehead atoms. The van der Waals surface area contributed by atoms with E-state index in [2.05, 4.69) is 4.98 Å². The predicted molar refractivity (Wildman–Crippen MR) is 54.7 cm³/mol. The molecule has 1 aromatic heterocycles. The van der Waals surface area contributed by atoms with E-state index >= 15 is 0 Å². The molecule has 4 nitrogen and oxygen atoms in total. The number of hydrogen-bond acceptors (Lipinski definition) is 4. The van der Waals surface area contributed by atoms with Gasteiger partial charge in [0.25, 0.3) is 0 Å². The molecule has 1 fully saturated rings. The molecule has 2 rings (SSSR count). The van der Waals surface area contributed by atoms with Crippen LogP contribution in [-0.4, -0.2) is 36.0 Å². The zero-order valence-corrected chi connectivity index (χ0v) is 8.50. The molecule has 82 valence electrons. The van der Waals surface area contributed by atoms with Gasteiger partial charge in [-0.2, -0.15) is 0 Å². The maximum Gasteiger partial charge on any atom is 0.137 e.